The highest BCUT2D eigenvalue weighted by molar-refractivity contribution is 5.16. The minimum absolute atomic E-state index is 0.808. The molecule has 0 aromatic heterocycles. The van der Waals surface area contributed by atoms with Crippen LogP contribution in [-0.4, -0.2) is 0 Å². The molecule has 0 rings (SSSR count). The topological polar surface area (TPSA) is 9.23 Å². The van der Waals surface area contributed by atoms with E-state index in [-0.39, 0.29) is 0 Å². The zero-order chi connectivity index (χ0) is 8.53. The predicted molar refractivity (Wildman–Crippen MR) is 49.0 cm³/mol. The summed E-state index contributed by atoms with van der Waals surface area (Å²) in [5.41, 5.74) is 0. The average molecular weight is 150 g/mol. The van der Waals surface area contributed by atoms with Crippen molar-refractivity contribution in [2.45, 2.75) is 13.3 Å². The Bertz CT molecular complexity index is 175. The number of allylic oxidation sites excluding steroid dienone is 4. The van der Waals surface area contributed by atoms with Gasteiger partial charge >= 0.3 is 0 Å². The Labute approximate surface area is 68.4 Å². The molecule has 0 aromatic carbocycles. The van der Waals surface area contributed by atoms with Gasteiger partial charge in [-0.15, -0.1) is 0 Å². The molecule has 0 aromatic rings. The van der Waals surface area contributed by atoms with Crippen molar-refractivity contribution in [3.63, 3.8) is 0 Å². The molecule has 0 amide bonds. The molecule has 60 valence electrons. The third-order valence-corrected chi connectivity index (χ3v) is 1.02. The van der Waals surface area contributed by atoms with Gasteiger partial charge in [-0.3, -0.25) is 0 Å². The lowest BCUT2D eigenvalue weighted by molar-refractivity contribution is 0.368. The average Bonchev–Trinajstić information content (AvgIpc) is 2.01. The second-order valence-corrected chi connectivity index (χ2v) is 1.89. The zero-order valence-corrected chi connectivity index (χ0v) is 6.92. The summed E-state index contributed by atoms with van der Waals surface area (Å²) in [6, 6.07) is 0. The van der Waals surface area contributed by atoms with Gasteiger partial charge in [0, 0.05) is 0 Å². The van der Waals surface area contributed by atoms with Crippen molar-refractivity contribution >= 4 is 0 Å². The highest BCUT2D eigenvalue weighted by Crippen LogP contribution is 2.01. The molecule has 0 bridgehead atoms. The van der Waals surface area contributed by atoms with Crippen molar-refractivity contribution in [2.75, 3.05) is 0 Å². The molecule has 11 heavy (non-hydrogen) atoms. The quantitative estimate of drug-likeness (QED) is 0.432. The van der Waals surface area contributed by atoms with Gasteiger partial charge in [0.15, 0.2) is 0 Å². The summed E-state index contributed by atoms with van der Waals surface area (Å²) in [6.07, 6.45) is 9.71. The molecular weight excluding hydrogens is 136 g/mol. The van der Waals surface area contributed by atoms with Crippen LogP contribution in [0.3, 0.4) is 0 Å². The molecule has 1 heteroatoms. The minimum Gasteiger partial charge on any atom is -0.466 e. The van der Waals surface area contributed by atoms with Gasteiger partial charge < -0.3 is 4.74 Å². The number of hydrogen-bond acceptors (Lipinski definition) is 1. The van der Waals surface area contributed by atoms with Gasteiger partial charge in [-0.05, 0) is 18.6 Å². The van der Waals surface area contributed by atoms with Gasteiger partial charge in [0.05, 0.1) is 6.26 Å². The first kappa shape index (κ1) is 9.76. The Morgan fingerprint density at radius 2 is 2.18 bits per heavy atom. The van der Waals surface area contributed by atoms with Gasteiger partial charge in [0.25, 0.3) is 0 Å². The monoisotopic (exact) mass is 150 g/mol. The third kappa shape index (κ3) is 5.22. The van der Waals surface area contributed by atoms with E-state index in [0.717, 1.165) is 12.2 Å². The van der Waals surface area contributed by atoms with Crippen LogP contribution in [0.1, 0.15) is 13.3 Å². The molecule has 0 heterocycles. The van der Waals surface area contributed by atoms with Crippen LogP contribution in [0.5, 0.6) is 0 Å². The van der Waals surface area contributed by atoms with Gasteiger partial charge in [-0.1, -0.05) is 32.2 Å². The van der Waals surface area contributed by atoms with Crippen molar-refractivity contribution < 1.29 is 4.74 Å². The molecule has 0 fully saturated rings. The lowest BCUT2D eigenvalue weighted by atomic mass is 10.3. The summed E-state index contributed by atoms with van der Waals surface area (Å²) < 4.78 is 5.07. The minimum atomic E-state index is 0.808. The van der Waals surface area contributed by atoms with Crippen molar-refractivity contribution in [2.24, 2.45) is 0 Å². The van der Waals surface area contributed by atoms with E-state index >= 15 is 0 Å². The second-order valence-electron chi connectivity index (χ2n) is 1.89. The van der Waals surface area contributed by atoms with Crippen LogP contribution >= 0.6 is 0 Å². The molecule has 0 aliphatic heterocycles. The Morgan fingerprint density at radius 3 is 2.64 bits per heavy atom. The van der Waals surface area contributed by atoms with Crippen LogP contribution in [0.25, 0.3) is 0 Å². The fourth-order valence-corrected chi connectivity index (χ4v) is 0.616. The first-order valence-electron chi connectivity index (χ1n) is 3.62. The van der Waals surface area contributed by atoms with Crippen molar-refractivity contribution in [3.05, 3.63) is 49.5 Å². The Morgan fingerprint density at radius 1 is 1.45 bits per heavy atom. The number of rotatable bonds is 5. The molecule has 0 atom stereocenters. The smallest absolute Gasteiger partial charge is 0.122 e. The van der Waals surface area contributed by atoms with E-state index in [1.54, 1.807) is 6.08 Å². The Balaban J connectivity index is 4.08. The largest absolute Gasteiger partial charge is 0.466 e. The summed E-state index contributed by atoms with van der Waals surface area (Å²) in [7, 11) is 0. The fraction of sp³-hybridized carbons (Fsp3) is 0.200. The molecule has 0 unspecified atom stereocenters. The van der Waals surface area contributed by atoms with Crippen LogP contribution in [0.4, 0.5) is 0 Å². The first-order chi connectivity index (χ1) is 5.35. The van der Waals surface area contributed by atoms with Crippen LogP contribution in [0.2, 0.25) is 0 Å². The van der Waals surface area contributed by atoms with E-state index in [0.29, 0.717) is 0 Å². The van der Waals surface area contributed by atoms with Crippen molar-refractivity contribution in [3.8, 4) is 0 Å². The maximum Gasteiger partial charge on any atom is 0.122 e. The van der Waals surface area contributed by atoms with E-state index in [1.807, 2.05) is 25.2 Å². The molecule has 1 nitrogen and oxygen atoms in total. The van der Waals surface area contributed by atoms with Crippen LogP contribution < -0.4 is 0 Å². The molecule has 0 saturated heterocycles. The van der Waals surface area contributed by atoms with Crippen LogP contribution in [0, 0.1) is 0 Å². The van der Waals surface area contributed by atoms with Gasteiger partial charge in [0.2, 0.25) is 0 Å². The fourth-order valence-electron chi connectivity index (χ4n) is 0.616. The second kappa shape index (κ2) is 6.87. The highest BCUT2D eigenvalue weighted by Gasteiger charge is 1.85. The molecule has 0 spiro atoms. The van der Waals surface area contributed by atoms with E-state index < -0.39 is 0 Å². The summed E-state index contributed by atoms with van der Waals surface area (Å²) in [6.45, 7) is 9.08. The molecule has 0 aliphatic rings. The molecule has 0 N–H and O–H groups in total. The summed E-state index contributed by atoms with van der Waals surface area (Å²) in [5.74, 6) is 0.808. The summed E-state index contributed by atoms with van der Waals surface area (Å²) in [4.78, 5) is 0. The molecule has 0 aliphatic carbocycles. The standard InChI is InChI=1S/C10H14O/c1-4-7-9-10(8-5-2)11-6-3/h4,6-9H,1,3,5H2,2H3. The normalized spacial score (nSPS) is 11.5. The number of ether oxygens (including phenoxy) is 1. The molecule has 0 saturated carbocycles. The third-order valence-electron chi connectivity index (χ3n) is 1.02. The van der Waals surface area contributed by atoms with Gasteiger partial charge in [0.1, 0.15) is 5.76 Å². The SMILES string of the molecule is C=CC=CC(=CCC)OC=C. The summed E-state index contributed by atoms with van der Waals surface area (Å²) >= 11 is 0. The van der Waals surface area contributed by atoms with Gasteiger partial charge in [-0.2, -0.15) is 0 Å². The lowest BCUT2D eigenvalue weighted by Gasteiger charge is -1.97. The maximum atomic E-state index is 5.07. The van der Waals surface area contributed by atoms with Crippen molar-refractivity contribution in [1.29, 1.82) is 0 Å². The maximum absolute atomic E-state index is 5.07. The first-order valence-corrected chi connectivity index (χ1v) is 3.62. The van der Waals surface area contributed by atoms with Gasteiger partial charge in [-0.25, -0.2) is 0 Å². The lowest BCUT2D eigenvalue weighted by Crippen LogP contribution is -1.78. The molecule has 0 radical (unpaired) electrons. The van der Waals surface area contributed by atoms with Crippen LogP contribution in [0.15, 0.2) is 49.5 Å². The Hall–Kier alpha value is -1.24. The number of hydrogen-bond donors (Lipinski definition) is 0. The van der Waals surface area contributed by atoms with E-state index in [2.05, 4.69) is 13.2 Å². The Kier molecular flexibility index (Phi) is 6.10. The van der Waals surface area contributed by atoms with E-state index in [9.17, 15) is 0 Å². The van der Waals surface area contributed by atoms with E-state index in [4.69, 9.17) is 4.74 Å². The van der Waals surface area contributed by atoms with E-state index in [1.165, 1.54) is 6.26 Å². The highest BCUT2D eigenvalue weighted by atomic mass is 16.5. The molecular formula is C10H14O. The zero-order valence-electron chi connectivity index (χ0n) is 6.92. The van der Waals surface area contributed by atoms with Crippen LogP contribution in [-0.2, 0) is 4.74 Å². The predicted octanol–water partition coefficient (Wildman–Crippen LogP) is 3.18. The van der Waals surface area contributed by atoms with Crippen molar-refractivity contribution in [1.82, 2.24) is 0 Å². The summed E-state index contributed by atoms with van der Waals surface area (Å²) in [5, 5.41) is 0.